The average molecular weight is 293 g/mol. The van der Waals surface area contributed by atoms with Crippen molar-refractivity contribution in [1.82, 2.24) is 9.97 Å². The van der Waals surface area contributed by atoms with Crippen molar-refractivity contribution in [2.45, 2.75) is 6.92 Å². The molecule has 2 aromatic carbocycles. The van der Waals surface area contributed by atoms with Crippen LogP contribution in [-0.2, 0) is 0 Å². The summed E-state index contributed by atoms with van der Waals surface area (Å²) in [4.78, 5) is 22.1. The molecule has 6 heteroatoms. The largest absolute Gasteiger partial charge is 0.369 e. The Morgan fingerprint density at radius 3 is 2.73 bits per heavy atom. The number of aliphatic imine (C=N–C) groups is 1. The number of hydrogen-bond donors (Lipinski definition) is 3. The minimum Gasteiger partial charge on any atom is -0.369 e. The third-order valence-corrected chi connectivity index (χ3v) is 3.11. The molecular weight excluding hydrogens is 278 g/mol. The van der Waals surface area contributed by atoms with Crippen molar-refractivity contribution in [3.05, 3.63) is 64.6 Å². The number of guanidine groups is 1. The van der Waals surface area contributed by atoms with Gasteiger partial charge in [0, 0.05) is 17.4 Å². The molecule has 3 rings (SSSR count). The molecule has 0 aliphatic rings. The van der Waals surface area contributed by atoms with Gasteiger partial charge in [-0.05, 0) is 29.8 Å². The molecule has 1 heterocycles. The monoisotopic (exact) mass is 293 g/mol. The zero-order valence-electron chi connectivity index (χ0n) is 12.0. The van der Waals surface area contributed by atoms with Gasteiger partial charge in [-0.25, -0.2) is 4.98 Å². The molecule has 0 radical (unpaired) electrons. The van der Waals surface area contributed by atoms with Crippen molar-refractivity contribution in [2.24, 2.45) is 10.7 Å². The smallest absolute Gasteiger partial charge is 0.252 e. The van der Waals surface area contributed by atoms with Crippen molar-refractivity contribution in [3.63, 3.8) is 0 Å². The summed E-state index contributed by atoms with van der Waals surface area (Å²) in [5.41, 5.74) is 7.00. The van der Waals surface area contributed by atoms with Crippen molar-refractivity contribution in [3.8, 4) is 0 Å². The Hall–Kier alpha value is -3.15. The van der Waals surface area contributed by atoms with Gasteiger partial charge < -0.3 is 11.1 Å². The van der Waals surface area contributed by atoms with Gasteiger partial charge in [-0.1, -0.05) is 30.3 Å². The molecule has 6 nitrogen and oxygen atoms in total. The number of fused-ring (bicyclic) bond motifs is 1. The number of anilines is 1. The van der Waals surface area contributed by atoms with Crippen LogP contribution < -0.4 is 16.6 Å². The van der Waals surface area contributed by atoms with E-state index in [1.54, 1.807) is 6.92 Å². The van der Waals surface area contributed by atoms with E-state index >= 15 is 0 Å². The molecule has 0 aliphatic carbocycles. The van der Waals surface area contributed by atoms with Crippen LogP contribution in [-0.4, -0.2) is 15.9 Å². The van der Waals surface area contributed by atoms with Gasteiger partial charge in [0.2, 0.25) is 11.9 Å². The zero-order valence-corrected chi connectivity index (χ0v) is 12.0. The molecule has 4 N–H and O–H groups in total. The average Bonchev–Trinajstić information content (AvgIpc) is 2.45. The standard InChI is InChI=1S/C16H15N5O/c1-10-8-14(22)20-16(18-10)21-15(17)19-13-7-6-11-4-2-3-5-12(11)9-13/h2-9H,1H3,(H4,17,18,19,20,21,22). The Balaban J connectivity index is 1.86. The van der Waals surface area contributed by atoms with Gasteiger partial charge in [-0.15, -0.1) is 0 Å². The second-order valence-electron chi connectivity index (χ2n) is 4.89. The molecule has 110 valence electrons. The normalized spacial score (nSPS) is 11.6. The fourth-order valence-corrected chi connectivity index (χ4v) is 2.17. The third-order valence-electron chi connectivity index (χ3n) is 3.11. The third kappa shape index (κ3) is 3.12. The molecule has 0 fully saturated rings. The summed E-state index contributed by atoms with van der Waals surface area (Å²) in [6.45, 7) is 1.72. The predicted octanol–water partition coefficient (Wildman–Crippen LogP) is 2.29. The summed E-state index contributed by atoms with van der Waals surface area (Å²) in [5.74, 6) is 0.333. The summed E-state index contributed by atoms with van der Waals surface area (Å²) in [6.07, 6.45) is 0. The van der Waals surface area contributed by atoms with Gasteiger partial charge in [-0.3, -0.25) is 9.78 Å². The van der Waals surface area contributed by atoms with Crippen LogP contribution in [0.3, 0.4) is 0 Å². The highest BCUT2D eigenvalue weighted by Crippen LogP contribution is 2.18. The lowest BCUT2D eigenvalue weighted by Gasteiger charge is -2.06. The van der Waals surface area contributed by atoms with Crippen molar-refractivity contribution in [1.29, 1.82) is 0 Å². The first kappa shape index (κ1) is 13.8. The van der Waals surface area contributed by atoms with Crippen LogP contribution in [0, 0.1) is 6.92 Å². The lowest BCUT2D eigenvalue weighted by Crippen LogP contribution is -2.22. The highest BCUT2D eigenvalue weighted by molar-refractivity contribution is 5.96. The quantitative estimate of drug-likeness (QED) is 0.499. The van der Waals surface area contributed by atoms with Gasteiger partial charge in [0.1, 0.15) is 0 Å². The van der Waals surface area contributed by atoms with Crippen LogP contribution >= 0.6 is 0 Å². The summed E-state index contributed by atoms with van der Waals surface area (Å²) in [7, 11) is 0. The maximum Gasteiger partial charge on any atom is 0.252 e. The van der Waals surface area contributed by atoms with Crippen LogP contribution in [0.25, 0.3) is 10.8 Å². The van der Waals surface area contributed by atoms with Gasteiger partial charge in [0.25, 0.3) is 5.56 Å². The highest BCUT2D eigenvalue weighted by Gasteiger charge is 2.00. The molecule has 22 heavy (non-hydrogen) atoms. The van der Waals surface area contributed by atoms with E-state index in [2.05, 4.69) is 20.3 Å². The number of aromatic nitrogens is 2. The van der Waals surface area contributed by atoms with Crippen molar-refractivity contribution < 1.29 is 0 Å². The van der Waals surface area contributed by atoms with Crippen molar-refractivity contribution in [2.75, 3.05) is 5.32 Å². The Morgan fingerprint density at radius 1 is 1.18 bits per heavy atom. The molecule has 0 saturated heterocycles. The van der Waals surface area contributed by atoms with Crippen LogP contribution in [0.2, 0.25) is 0 Å². The molecule has 1 aromatic heterocycles. The second-order valence-corrected chi connectivity index (χ2v) is 4.89. The van der Waals surface area contributed by atoms with E-state index in [4.69, 9.17) is 5.73 Å². The Morgan fingerprint density at radius 2 is 1.95 bits per heavy atom. The number of hydrogen-bond acceptors (Lipinski definition) is 3. The minimum absolute atomic E-state index is 0.157. The van der Waals surface area contributed by atoms with Crippen LogP contribution in [0.4, 0.5) is 11.6 Å². The van der Waals surface area contributed by atoms with E-state index < -0.39 is 0 Å². The Bertz CT molecular complexity index is 914. The van der Waals surface area contributed by atoms with E-state index in [9.17, 15) is 4.79 Å². The Kier molecular flexibility index (Phi) is 3.57. The lowest BCUT2D eigenvalue weighted by molar-refractivity contribution is 1.05. The lowest BCUT2D eigenvalue weighted by atomic mass is 10.1. The van der Waals surface area contributed by atoms with Crippen LogP contribution in [0.5, 0.6) is 0 Å². The number of rotatable bonds is 2. The number of benzene rings is 2. The number of nitrogens with two attached hydrogens (primary N) is 1. The molecule has 0 bridgehead atoms. The topological polar surface area (TPSA) is 96.2 Å². The van der Waals surface area contributed by atoms with E-state index in [1.165, 1.54) is 6.07 Å². The fourth-order valence-electron chi connectivity index (χ4n) is 2.17. The highest BCUT2D eigenvalue weighted by atomic mass is 16.1. The molecule has 0 amide bonds. The summed E-state index contributed by atoms with van der Waals surface area (Å²) < 4.78 is 0. The summed E-state index contributed by atoms with van der Waals surface area (Å²) in [6, 6.07) is 15.3. The molecule has 3 aromatic rings. The zero-order chi connectivity index (χ0) is 15.5. The number of nitrogens with zero attached hydrogens (tertiary/aromatic N) is 2. The van der Waals surface area contributed by atoms with Gasteiger partial charge in [0.15, 0.2) is 0 Å². The van der Waals surface area contributed by atoms with Crippen molar-refractivity contribution >= 4 is 28.4 Å². The van der Waals surface area contributed by atoms with E-state index in [0.717, 1.165) is 16.5 Å². The molecule has 0 atom stereocenters. The Labute approximate surface area is 126 Å². The van der Waals surface area contributed by atoms with E-state index in [0.29, 0.717) is 5.69 Å². The van der Waals surface area contributed by atoms with Gasteiger partial charge in [0.05, 0.1) is 0 Å². The van der Waals surface area contributed by atoms with E-state index in [1.807, 2.05) is 42.5 Å². The van der Waals surface area contributed by atoms with E-state index in [-0.39, 0.29) is 17.5 Å². The number of aromatic amines is 1. The van der Waals surface area contributed by atoms with Crippen LogP contribution in [0.15, 0.2) is 58.3 Å². The maximum absolute atomic E-state index is 11.4. The maximum atomic E-state index is 11.4. The number of H-pyrrole nitrogens is 1. The minimum atomic E-state index is -0.259. The SMILES string of the molecule is Cc1cc(=O)[nH]c(N=C(N)Nc2ccc3ccccc3c2)n1. The number of nitrogens with one attached hydrogen (secondary N) is 2. The second kappa shape index (κ2) is 5.69. The van der Waals surface area contributed by atoms with Gasteiger partial charge >= 0.3 is 0 Å². The first-order chi connectivity index (χ1) is 10.6. The molecular formula is C16H15N5O. The molecule has 0 spiro atoms. The predicted molar refractivity (Wildman–Crippen MR) is 88.4 cm³/mol. The summed E-state index contributed by atoms with van der Waals surface area (Å²) >= 11 is 0. The number of aryl methyl sites for hydroxylation is 1. The van der Waals surface area contributed by atoms with Gasteiger partial charge in [-0.2, -0.15) is 4.99 Å². The molecule has 0 aliphatic heterocycles. The van der Waals surface area contributed by atoms with Crippen LogP contribution in [0.1, 0.15) is 5.69 Å². The fraction of sp³-hybridized carbons (Fsp3) is 0.0625. The molecule has 0 saturated carbocycles. The summed E-state index contributed by atoms with van der Waals surface area (Å²) in [5, 5.41) is 5.23. The first-order valence-corrected chi connectivity index (χ1v) is 6.78. The molecule has 0 unspecified atom stereocenters. The first-order valence-electron chi connectivity index (χ1n) is 6.78.